The van der Waals surface area contributed by atoms with Gasteiger partial charge in [-0.25, -0.2) is 8.42 Å². The van der Waals surface area contributed by atoms with Crippen LogP contribution in [0.3, 0.4) is 0 Å². The molecule has 176 valence electrons. The number of benzene rings is 2. The monoisotopic (exact) mass is 486 g/mol. The zero-order valence-corrected chi connectivity index (χ0v) is 20.7. The second kappa shape index (κ2) is 10.9. The van der Waals surface area contributed by atoms with E-state index in [9.17, 15) is 13.2 Å². The van der Waals surface area contributed by atoms with Crippen molar-refractivity contribution in [2.24, 2.45) is 0 Å². The normalized spacial score (nSPS) is 15.1. The number of amides is 1. The Kier molecular flexibility index (Phi) is 8.23. The molecule has 9 heteroatoms. The van der Waals surface area contributed by atoms with Crippen LogP contribution in [0.15, 0.2) is 54.6 Å². The first-order chi connectivity index (χ1) is 15.6. The number of sulfonamides is 1. The van der Waals surface area contributed by atoms with Crippen molar-refractivity contribution in [2.75, 3.05) is 42.7 Å². The highest BCUT2D eigenvalue weighted by molar-refractivity contribution is 7.88. The lowest BCUT2D eigenvalue weighted by atomic mass is 10.0. The highest BCUT2D eigenvalue weighted by Crippen LogP contribution is 2.20. The Morgan fingerprint density at radius 1 is 1.00 bits per heavy atom. The molecule has 2 aromatic carbocycles. The molecular formula is C24H30N4O3S2. The van der Waals surface area contributed by atoms with Gasteiger partial charge in [-0.15, -0.1) is 0 Å². The molecule has 1 fully saturated rings. The summed E-state index contributed by atoms with van der Waals surface area (Å²) in [5.74, 6) is 0.162. The first-order valence-electron chi connectivity index (χ1n) is 10.8. The zero-order valence-electron chi connectivity index (χ0n) is 19.1. The number of nitrogens with zero attached hydrogens (tertiary/aromatic N) is 2. The van der Waals surface area contributed by atoms with Gasteiger partial charge in [-0.2, -0.15) is 4.31 Å². The third-order valence-electron chi connectivity index (χ3n) is 5.46. The van der Waals surface area contributed by atoms with E-state index in [2.05, 4.69) is 41.5 Å². The summed E-state index contributed by atoms with van der Waals surface area (Å²) in [4.78, 5) is 14.3. The van der Waals surface area contributed by atoms with Crippen LogP contribution in [-0.4, -0.2) is 56.2 Å². The van der Waals surface area contributed by atoms with Gasteiger partial charge in [0.25, 0.3) is 0 Å². The largest absolute Gasteiger partial charge is 0.369 e. The Bertz CT molecular complexity index is 1100. The lowest BCUT2D eigenvalue weighted by molar-refractivity contribution is -0.115. The average Bonchev–Trinajstić information content (AvgIpc) is 2.78. The van der Waals surface area contributed by atoms with Crippen molar-refractivity contribution in [3.8, 4) is 0 Å². The van der Waals surface area contributed by atoms with E-state index in [0.717, 1.165) is 16.9 Å². The zero-order chi connectivity index (χ0) is 24.0. The van der Waals surface area contributed by atoms with E-state index in [-0.39, 0.29) is 11.0 Å². The van der Waals surface area contributed by atoms with Gasteiger partial charge < -0.3 is 10.2 Å². The summed E-state index contributed by atoms with van der Waals surface area (Å²) in [6, 6.07) is 15.7. The van der Waals surface area contributed by atoms with Crippen LogP contribution in [0.4, 0.5) is 11.4 Å². The third-order valence-corrected chi connectivity index (χ3v) is 6.97. The minimum Gasteiger partial charge on any atom is -0.369 e. The maximum absolute atomic E-state index is 12.2. The molecule has 7 nitrogen and oxygen atoms in total. The average molecular weight is 487 g/mol. The van der Waals surface area contributed by atoms with Crippen molar-refractivity contribution in [3.05, 3.63) is 65.7 Å². The summed E-state index contributed by atoms with van der Waals surface area (Å²) in [6.07, 6.45) is 4.45. The standard InChI is InChI=1S/C24H30N4O3S2/c1-18(2)20-7-4-19(5-8-20)6-13-23(29)26-24(32)25-21-9-11-22(12-10-21)27-14-16-28(17-15-27)33(3,30)31/h4-13,18H,14-17H2,1-3H3,(H2,25,26,29,32)/b13-6+. The number of hydrogen-bond donors (Lipinski definition) is 2. The molecule has 1 aliphatic rings. The van der Waals surface area contributed by atoms with E-state index in [0.29, 0.717) is 32.1 Å². The molecule has 1 heterocycles. The van der Waals surface area contributed by atoms with Crippen LogP contribution in [0.5, 0.6) is 0 Å². The third kappa shape index (κ3) is 7.38. The lowest BCUT2D eigenvalue weighted by Gasteiger charge is -2.34. The summed E-state index contributed by atoms with van der Waals surface area (Å²) in [5.41, 5.74) is 3.97. The highest BCUT2D eigenvalue weighted by atomic mass is 32.2. The summed E-state index contributed by atoms with van der Waals surface area (Å²) in [7, 11) is -3.14. The van der Waals surface area contributed by atoms with E-state index in [1.165, 1.54) is 22.2 Å². The van der Waals surface area contributed by atoms with E-state index < -0.39 is 10.0 Å². The predicted molar refractivity (Wildman–Crippen MR) is 139 cm³/mol. The van der Waals surface area contributed by atoms with Gasteiger partial charge >= 0.3 is 0 Å². The molecule has 3 rings (SSSR count). The Hall–Kier alpha value is -2.75. The molecule has 0 bridgehead atoms. The lowest BCUT2D eigenvalue weighted by Crippen LogP contribution is -2.48. The van der Waals surface area contributed by atoms with Crippen molar-refractivity contribution < 1.29 is 13.2 Å². The van der Waals surface area contributed by atoms with Gasteiger partial charge in [0.15, 0.2) is 5.11 Å². The smallest absolute Gasteiger partial charge is 0.250 e. The minimum absolute atomic E-state index is 0.217. The Balaban J connectivity index is 1.48. The topological polar surface area (TPSA) is 81.8 Å². The van der Waals surface area contributed by atoms with Crippen LogP contribution in [0.25, 0.3) is 6.08 Å². The number of hydrogen-bond acceptors (Lipinski definition) is 5. The molecule has 0 spiro atoms. The highest BCUT2D eigenvalue weighted by Gasteiger charge is 2.23. The number of carbonyl (C=O) groups excluding carboxylic acids is 1. The first-order valence-corrected chi connectivity index (χ1v) is 13.1. The maximum atomic E-state index is 12.2. The molecule has 1 amide bonds. The van der Waals surface area contributed by atoms with Crippen molar-refractivity contribution >= 4 is 50.7 Å². The molecule has 0 aliphatic carbocycles. The SMILES string of the molecule is CC(C)c1ccc(/C=C/C(=O)NC(=S)Nc2ccc(N3CCN(S(C)(=O)=O)CC3)cc2)cc1. The van der Waals surface area contributed by atoms with Crippen molar-refractivity contribution in [2.45, 2.75) is 19.8 Å². The molecule has 1 saturated heterocycles. The van der Waals surface area contributed by atoms with E-state index >= 15 is 0 Å². The molecule has 0 unspecified atom stereocenters. The number of rotatable bonds is 6. The Morgan fingerprint density at radius 3 is 2.15 bits per heavy atom. The summed E-state index contributed by atoms with van der Waals surface area (Å²) >= 11 is 5.24. The second-order valence-corrected chi connectivity index (χ2v) is 10.7. The molecule has 2 N–H and O–H groups in total. The van der Waals surface area contributed by atoms with Crippen LogP contribution in [0, 0.1) is 0 Å². The van der Waals surface area contributed by atoms with Gasteiger partial charge in [0, 0.05) is 43.6 Å². The van der Waals surface area contributed by atoms with E-state index in [1.54, 1.807) is 6.08 Å². The summed E-state index contributed by atoms with van der Waals surface area (Å²) in [6.45, 7) is 6.51. The minimum atomic E-state index is -3.14. The van der Waals surface area contributed by atoms with Gasteiger partial charge in [-0.3, -0.25) is 10.1 Å². The molecule has 33 heavy (non-hydrogen) atoms. The van der Waals surface area contributed by atoms with Crippen LogP contribution >= 0.6 is 12.2 Å². The van der Waals surface area contributed by atoms with Crippen LogP contribution in [-0.2, 0) is 14.8 Å². The van der Waals surface area contributed by atoms with Crippen molar-refractivity contribution in [1.29, 1.82) is 0 Å². The fourth-order valence-electron chi connectivity index (χ4n) is 3.51. The van der Waals surface area contributed by atoms with Crippen LogP contribution in [0.2, 0.25) is 0 Å². The molecule has 0 aromatic heterocycles. The second-order valence-electron chi connectivity index (χ2n) is 8.29. The van der Waals surface area contributed by atoms with E-state index in [1.807, 2.05) is 36.4 Å². The van der Waals surface area contributed by atoms with Gasteiger partial charge in [0.2, 0.25) is 15.9 Å². The Labute approximate surface area is 201 Å². The molecule has 2 aromatic rings. The number of piperazine rings is 1. The number of nitrogens with one attached hydrogen (secondary N) is 2. The molecule has 0 saturated carbocycles. The van der Waals surface area contributed by atoms with Gasteiger partial charge in [-0.05, 0) is 59.6 Å². The fourth-order valence-corrected chi connectivity index (χ4v) is 4.56. The van der Waals surface area contributed by atoms with Crippen molar-refractivity contribution in [3.63, 3.8) is 0 Å². The van der Waals surface area contributed by atoms with Gasteiger partial charge in [0.05, 0.1) is 6.26 Å². The van der Waals surface area contributed by atoms with E-state index in [4.69, 9.17) is 12.2 Å². The number of anilines is 2. The summed E-state index contributed by atoms with van der Waals surface area (Å²) in [5, 5.41) is 5.87. The number of carbonyl (C=O) groups is 1. The fraction of sp³-hybridized carbons (Fsp3) is 0.333. The number of thiocarbonyl (C=S) groups is 1. The molecule has 0 radical (unpaired) electrons. The Morgan fingerprint density at radius 2 is 1.61 bits per heavy atom. The van der Waals surface area contributed by atoms with Crippen molar-refractivity contribution in [1.82, 2.24) is 9.62 Å². The van der Waals surface area contributed by atoms with Gasteiger partial charge in [-0.1, -0.05) is 38.1 Å². The first kappa shape index (κ1) is 24.9. The predicted octanol–water partition coefficient (Wildman–Crippen LogP) is 3.42. The summed E-state index contributed by atoms with van der Waals surface area (Å²) < 4.78 is 24.8. The maximum Gasteiger partial charge on any atom is 0.250 e. The van der Waals surface area contributed by atoms with Gasteiger partial charge in [0.1, 0.15) is 0 Å². The van der Waals surface area contributed by atoms with Crippen LogP contribution < -0.4 is 15.5 Å². The molecular weight excluding hydrogens is 456 g/mol. The van der Waals surface area contributed by atoms with Crippen LogP contribution in [0.1, 0.15) is 30.9 Å². The molecule has 0 atom stereocenters. The molecule has 1 aliphatic heterocycles. The quantitative estimate of drug-likeness (QED) is 0.481.